The molecule has 1 unspecified atom stereocenters. The molecule has 1 N–H and O–H groups in total. The summed E-state index contributed by atoms with van der Waals surface area (Å²) >= 11 is 0. The Hall–Kier alpha value is -5.23. The third kappa shape index (κ3) is 4.05. The molecule has 2 heterocycles. The Balaban J connectivity index is 1.49. The van der Waals surface area contributed by atoms with Crippen LogP contribution >= 0.6 is 0 Å². The maximum Gasteiger partial charge on any atom is 0.547 e. The zero-order chi connectivity index (χ0) is 29.6. The summed E-state index contributed by atoms with van der Waals surface area (Å²) in [6, 6.07) is 55.0. The Morgan fingerprint density at radius 2 is 0.977 bits per heavy atom. The van der Waals surface area contributed by atoms with E-state index >= 15 is 0 Å². The van der Waals surface area contributed by atoms with Gasteiger partial charge >= 0.3 is 12.7 Å². The van der Waals surface area contributed by atoms with Crippen LogP contribution in [0.1, 0.15) is 33.2 Å². The molecule has 212 valence electrons. The third-order valence-electron chi connectivity index (χ3n) is 8.83. The summed E-state index contributed by atoms with van der Waals surface area (Å²) in [4.78, 5) is 13.4. The summed E-state index contributed by atoms with van der Waals surface area (Å²) < 4.78 is 19.4. The quantitative estimate of drug-likeness (QED) is 0.158. The Kier molecular flexibility index (Phi) is 6.30. The molecule has 0 aliphatic carbocycles. The molecule has 0 amide bonds. The Bertz CT molecular complexity index is 1890. The summed E-state index contributed by atoms with van der Waals surface area (Å²) in [5, 5.41) is 0. The summed E-state index contributed by atoms with van der Waals surface area (Å²) in [6.45, 7) is -2.55. The van der Waals surface area contributed by atoms with Crippen LogP contribution in [-0.4, -0.2) is 17.4 Å². The zero-order valence-corrected chi connectivity index (χ0v) is 23.9. The molecule has 0 aromatic heterocycles. The molecule has 2 aliphatic heterocycles. The van der Waals surface area contributed by atoms with E-state index in [4.69, 9.17) is 14.0 Å². The van der Waals surface area contributed by atoms with Crippen molar-refractivity contribution in [3.63, 3.8) is 0 Å². The lowest BCUT2D eigenvalue weighted by molar-refractivity contribution is 0.0202. The Labute approximate surface area is 256 Å². The van der Waals surface area contributed by atoms with Gasteiger partial charge in [-0.3, -0.25) is 0 Å². The van der Waals surface area contributed by atoms with Crippen LogP contribution < -0.4 is 5.46 Å². The van der Waals surface area contributed by atoms with Crippen molar-refractivity contribution in [3.8, 4) is 22.3 Å². The maximum absolute atomic E-state index is 13.4. The second-order valence-corrected chi connectivity index (χ2v) is 11.3. The molecule has 6 aromatic rings. The standard InChI is InChI=1S/C39H29BO4/c41-38-33-24-12-15-27-36(33)40(43-38)42-37(30-20-8-3-9-21-30)39(44-40,34-25-13-10-22-31(34)28-16-4-1-5-17-28)35-26-14-11-23-32(35)29-18-6-2-7-19-29/h1-27,37,43H/t37-,40?/m0/s1. The fourth-order valence-corrected chi connectivity index (χ4v) is 6.97. The van der Waals surface area contributed by atoms with E-state index in [0.29, 0.717) is 11.0 Å². The number of carboxylic acids is 1. The first-order valence-corrected chi connectivity index (χ1v) is 14.9. The van der Waals surface area contributed by atoms with Crippen molar-refractivity contribution in [2.45, 2.75) is 11.7 Å². The van der Waals surface area contributed by atoms with E-state index in [1.807, 2.05) is 84.9 Å². The molecule has 8 rings (SSSR count). The third-order valence-corrected chi connectivity index (χ3v) is 8.83. The molecule has 4 nitrogen and oxygen atoms in total. The predicted molar refractivity (Wildman–Crippen MR) is 174 cm³/mol. The number of rotatable bonds is 5. The molecule has 0 saturated carbocycles. The lowest BCUT2D eigenvalue weighted by Crippen LogP contribution is -2.53. The molecular formula is C39H29BO4. The largest absolute Gasteiger partial charge is 0.721 e. The first kappa shape index (κ1) is 26.4. The van der Waals surface area contributed by atoms with Gasteiger partial charge < -0.3 is 14.0 Å². The Morgan fingerprint density at radius 3 is 1.55 bits per heavy atom. The van der Waals surface area contributed by atoms with E-state index in [0.717, 1.165) is 38.9 Å². The van der Waals surface area contributed by atoms with Crippen LogP contribution in [0.3, 0.4) is 0 Å². The normalized spacial score (nSPS) is 19.9. The van der Waals surface area contributed by atoms with E-state index in [-0.39, 0.29) is 5.97 Å². The van der Waals surface area contributed by atoms with Gasteiger partial charge in [-0.05, 0) is 45.0 Å². The molecule has 1 spiro atoms. The number of carbonyl (C=O) groups is 1. The van der Waals surface area contributed by atoms with Gasteiger partial charge in [0.15, 0.2) is 0 Å². The number of hydrogen-bond donors (Lipinski definition) is 0. The monoisotopic (exact) mass is 572 g/mol. The number of aromatic carboxylic acids is 1. The van der Waals surface area contributed by atoms with Crippen molar-refractivity contribution in [1.29, 1.82) is 0 Å². The van der Waals surface area contributed by atoms with Crippen LogP contribution in [-0.2, 0) is 14.9 Å². The van der Waals surface area contributed by atoms with Crippen molar-refractivity contribution < 1.29 is 18.8 Å². The highest BCUT2D eigenvalue weighted by molar-refractivity contribution is 6.80. The molecule has 44 heavy (non-hydrogen) atoms. The summed E-state index contributed by atoms with van der Waals surface area (Å²) in [5.74, 6) is -0.323. The van der Waals surface area contributed by atoms with Crippen LogP contribution in [0, 0.1) is 0 Å². The average molecular weight is 572 g/mol. The minimum absolute atomic E-state index is 0.323. The van der Waals surface area contributed by atoms with Crippen molar-refractivity contribution in [3.05, 3.63) is 186 Å². The van der Waals surface area contributed by atoms with E-state index in [2.05, 4.69) is 72.8 Å². The summed E-state index contributed by atoms with van der Waals surface area (Å²) in [5.41, 5.74) is 6.97. The van der Waals surface area contributed by atoms with Gasteiger partial charge in [-0.25, -0.2) is 0 Å². The van der Waals surface area contributed by atoms with Gasteiger partial charge in [0, 0.05) is 4.79 Å². The smallest absolute Gasteiger partial charge is 0.547 e. The molecule has 1 saturated heterocycles. The van der Waals surface area contributed by atoms with Crippen LogP contribution in [0.2, 0.25) is 0 Å². The van der Waals surface area contributed by atoms with Crippen molar-refractivity contribution in [2.75, 3.05) is 0 Å². The van der Waals surface area contributed by atoms with Gasteiger partial charge in [0.05, 0.1) is 11.7 Å². The molecule has 5 heteroatoms. The van der Waals surface area contributed by atoms with E-state index < -0.39 is 18.5 Å². The minimum atomic E-state index is -2.55. The first-order valence-electron chi connectivity index (χ1n) is 14.9. The zero-order valence-electron chi connectivity index (χ0n) is 23.9. The van der Waals surface area contributed by atoms with Crippen LogP contribution in [0.25, 0.3) is 22.3 Å². The van der Waals surface area contributed by atoms with Crippen molar-refractivity contribution in [1.82, 2.24) is 0 Å². The number of benzene rings is 6. The van der Waals surface area contributed by atoms with Gasteiger partial charge in [0.25, 0.3) is 0 Å². The summed E-state index contributed by atoms with van der Waals surface area (Å²) in [6.07, 6.45) is -0.638. The van der Waals surface area contributed by atoms with Crippen LogP contribution in [0.15, 0.2) is 164 Å². The van der Waals surface area contributed by atoms with Crippen LogP contribution in [0.5, 0.6) is 0 Å². The molecule has 0 radical (unpaired) electrons. The van der Waals surface area contributed by atoms with Gasteiger partial charge in [-0.15, -0.1) is 0 Å². The minimum Gasteiger partial charge on any atom is -0.721 e. The van der Waals surface area contributed by atoms with Gasteiger partial charge in [0.1, 0.15) is 5.60 Å². The van der Waals surface area contributed by atoms with Gasteiger partial charge in [-0.2, -0.15) is 0 Å². The maximum atomic E-state index is 13.4. The molecular weight excluding hydrogens is 543 g/mol. The predicted octanol–water partition coefficient (Wildman–Crippen LogP) is 7.58. The van der Waals surface area contributed by atoms with Gasteiger partial charge in [0.2, 0.25) is 0 Å². The van der Waals surface area contributed by atoms with Crippen molar-refractivity contribution >= 4 is 18.2 Å². The lowest BCUT2D eigenvalue weighted by atomic mass is 9.69. The number of fused-ring (bicyclic) bond motifs is 2. The van der Waals surface area contributed by atoms with E-state index in [9.17, 15) is 4.79 Å². The molecule has 6 aromatic carbocycles. The number of hydrogen-bond acceptors (Lipinski definition) is 3. The lowest BCUT2D eigenvalue weighted by Gasteiger charge is -2.41. The molecule has 0 bridgehead atoms. The second-order valence-electron chi connectivity index (χ2n) is 11.3. The van der Waals surface area contributed by atoms with Gasteiger partial charge in [-0.1, -0.05) is 163 Å². The molecule has 1 fully saturated rings. The highest BCUT2D eigenvalue weighted by Crippen LogP contribution is 2.58. The highest BCUT2D eigenvalue weighted by atomic mass is 16.8. The van der Waals surface area contributed by atoms with E-state index in [1.165, 1.54) is 0 Å². The second kappa shape index (κ2) is 10.5. The first-order chi connectivity index (χ1) is 21.7. The topological polar surface area (TPSA) is 48.3 Å². The fourth-order valence-electron chi connectivity index (χ4n) is 6.97. The molecule has 2 aliphatic rings. The highest BCUT2D eigenvalue weighted by Gasteiger charge is 2.64. The van der Waals surface area contributed by atoms with E-state index in [1.54, 1.807) is 6.07 Å². The SMILES string of the molecule is O=C1[OH+][B-]2(O[C@@H](c3ccccc3)C(c3ccccc3-c3ccccc3)(c3ccccc3-c3ccccc3)O2)c2ccccc21. The average Bonchev–Trinajstić information content (AvgIpc) is 3.59. The fraction of sp³-hybridized carbons (Fsp3) is 0.0513. The Morgan fingerprint density at radius 1 is 0.523 bits per heavy atom. The van der Waals surface area contributed by atoms with Crippen molar-refractivity contribution in [2.24, 2.45) is 0 Å². The summed E-state index contributed by atoms with van der Waals surface area (Å²) in [7, 11) is 0. The van der Waals surface area contributed by atoms with Crippen LogP contribution in [0.4, 0.5) is 0 Å². The molecule has 2 atom stereocenters.